The van der Waals surface area contributed by atoms with E-state index in [1.54, 1.807) is 6.08 Å². The van der Waals surface area contributed by atoms with E-state index in [1.807, 2.05) is 6.08 Å². The number of carbonyl (C=O) groups excluding carboxylic acids is 1. The van der Waals surface area contributed by atoms with Crippen LogP contribution in [0.5, 0.6) is 0 Å². The van der Waals surface area contributed by atoms with Crippen LogP contribution in [0.25, 0.3) is 0 Å². The second-order valence-electron chi connectivity index (χ2n) is 23.6. The van der Waals surface area contributed by atoms with E-state index in [0.29, 0.717) is 12.8 Å². The zero-order valence-corrected chi connectivity index (χ0v) is 52.2. The smallest absolute Gasteiger partial charge is 0.220 e. The van der Waals surface area contributed by atoms with E-state index >= 15 is 0 Å². The molecule has 2 saturated heterocycles. The molecule has 1 amide bonds. The van der Waals surface area contributed by atoms with Gasteiger partial charge >= 0.3 is 0 Å². The molecular weight excluding hydrogens is 1050 g/mol. The third-order valence-corrected chi connectivity index (χ3v) is 16.1. The third kappa shape index (κ3) is 38.4. The van der Waals surface area contributed by atoms with E-state index in [4.69, 9.17) is 18.9 Å². The number of ether oxygens (including phenoxy) is 4. The van der Waals surface area contributed by atoms with E-state index in [-0.39, 0.29) is 18.9 Å². The Balaban J connectivity index is 1.71. The lowest BCUT2D eigenvalue weighted by molar-refractivity contribution is -0.359. The summed E-state index contributed by atoms with van der Waals surface area (Å²) in [7, 11) is 0. The quantitative estimate of drug-likeness (QED) is 0.0204. The van der Waals surface area contributed by atoms with Crippen LogP contribution in [0.1, 0.15) is 264 Å². The van der Waals surface area contributed by atoms with Crippen molar-refractivity contribution in [3.63, 3.8) is 0 Å². The summed E-state index contributed by atoms with van der Waals surface area (Å²) in [6.07, 6.45) is 55.2. The second kappa shape index (κ2) is 53.7. The van der Waals surface area contributed by atoms with E-state index in [1.165, 1.54) is 173 Å². The lowest BCUT2D eigenvalue weighted by Crippen LogP contribution is -2.65. The van der Waals surface area contributed by atoms with Crippen LogP contribution in [-0.4, -0.2) is 140 Å². The SMILES string of the molecule is CCCCCCC/C=C\C/C=C\C/C=C\CCCCCCCCCCCCCCCCC(=O)NC(COC1OC(CO)C(OC2OC(CO)C(O)C(O)C2O)C(O)C1O)C(O)/C=C/CC/C=C/CC/C=C/CCCCCCCCCCCC. The molecule has 0 bridgehead atoms. The summed E-state index contributed by atoms with van der Waals surface area (Å²) < 4.78 is 22.8. The number of allylic oxidation sites excluding steroid dienone is 11. The van der Waals surface area contributed by atoms with Crippen LogP contribution in [0.4, 0.5) is 0 Å². The number of unbranched alkanes of at least 4 members (excludes halogenated alkanes) is 31. The lowest BCUT2D eigenvalue weighted by Gasteiger charge is -2.46. The number of hydrogen-bond acceptors (Lipinski definition) is 13. The maximum absolute atomic E-state index is 13.3. The van der Waals surface area contributed by atoms with Gasteiger partial charge in [-0.15, -0.1) is 0 Å². The Morgan fingerprint density at radius 3 is 1.27 bits per heavy atom. The molecule has 12 atom stereocenters. The number of aliphatic hydroxyl groups is 8. The Bertz CT molecular complexity index is 1670. The van der Waals surface area contributed by atoms with Gasteiger partial charge in [-0.05, 0) is 83.5 Å². The summed E-state index contributed by atoms with van der Waals surface area (Å²) in [6, 6.07) is -0.942. The summed E-state index contributed by atoms with van der Waals surface area (Å²) in [5.74, 6) is -0.254. The maximum atomic E-state index is 13.3. The predicted molar refractivity (Wildman–Crippen MR) is 337 cm³/mol. The molecule has 0 aromatic rings. The van der Waals surface area contributed by atoms with E-state index < -0.39 is 86.8 Å². The van der Waals surface area contributed by atoms with Crippen LogP contribution in [0.3, 0.4) is 0 Å². The van der Waals surface area contributed by atoms with Crippen LogP contribution in [-0.2, 0) is 23.7 Å². The van der Waals surface area contributed by atoms with Gasteiger partial charge in [0.15, 0.2) is 12.6 Å². The first-order valence-electron chi connectivity index (χ1n) is 33.7. The topological polar surface area (TPSA) is 228 Å². The normalized spacial score (nSPS) is 24.3. The third-order valence-electron chi connectivity index (χ3n) is 16.1. The number of aliphatic hydroxyl groups excluding tert-OH is 8. The first-order chi connectivity index (χ1) is 40.6. The molecule has 14 heteroatoms. The minimum atomic E-state index is -1.80. The molecule has 83 heavy (non-hydrogen) atoms. The fraction of sp³-hybridized carbons (Fsp3) is 0.812. The number of amides is 1. The largest absolute Gasteiger partial charge is 0.394 e. The second-order valence-corrected chi connectivity index (χ2v) is 23.6. The van der Waals surface area contributed by atoms with Gasteiger partial charge in [0.05, 0.1) is 32.0 Å². The van der Waals surface area contributed by atoms with Crippen molar-refractivity contribution in [1.29, 1.82) is 0 Å². The molecule has 0 saturated carbocycles. The van der Waals surface area contributed by atoms with Crippen molar-refractivity contribution in [2.75, 3.05) is 19.8 Å². The molecule has 0 spiro atoms. The fourth-order valence-corrected chi connectivity index (χ4v) is 10.7. The van der Waals surface area contributed by atoms with Crippen molar-refractivity contribution in [1.82, 2.24) is 5.32 Å². The van der Waals surface area contributed by atoms with Gasteiger partial charge in [-0.2, -0.15) is 0 Å². The Labute approximate surface area is 504 Å². The molecule has 2 aliphatic heterocycles. The molecule has 2 fully saturated rings. The van der Waals surface area contributed by atoms with Gasteiger partial charge in [-0.25, -0.2) is 0 Å². The molecule has 2 rings (SSSR count). The number of hydrogen-bond donors (Lipinski definition) is 9. The van der Waals surface area contributed by atoms with Crippen LogP contribution in [0.2, 0.25) is 0 Å². The summed E-state index contributed by atoms with van der Waals surface area (Å²) in [5.41, 5.74) is 0. The van der Waals surface area contributed by atoms with Crippen molar-refractivity contribution in [3.8, 4) is 0 Å². The van der Waals surface area contributed by atoms with Gasteiger partial charge in [0.25, 0.3) is 0 Å². The Morgan fingerprint density at radius 2 is 0.807 bits per heavy atom. The highest BCUT2D eigenvalue weighted by Crippen LogP contribution is 2.30. The molecular formula is C69H123NO13. The van der Waals surface area contributed by atoms with Gasteiger partial charge in [0, 0.05) is 6.42 Å². The number of rotatable bonds is 54. The van der Waals surface area contributed by atoms with Crippen LogP contribution in [0.15, 0.2) is 72.9 Å². The first kappa shape index (κ1) is 76.5. The summed E-state index contributed by atoms with van der Waals surface area (Å²) in [5, 5.41) is 87.3. The minimum Gasteiger partial charge on any atom is -0.394 e. The lowest BCUT2D eigenvalue weighted by atomic mass is 9.97. The van der Waals surface area contributed by atoms with Crippen LogP contribution in [0, 0.1) is 0 Å². The molecule has 0 radical (unpaired) electrons. The van der Waals surface area contributed by atoms with Crippen LogP contribution < -0.4 is 5.32 Å². The predicted octanol–water partition coefficient (Wildman–Crippen LogP) is 13.1. The van der Waals surface area contributed by atoms with E-state index in [0.717, 1.165) is 57.8 Å². The monoisotopic (exact) mass is 1170 g/mol. The molecule has 9 N–H and O–H groups in total. The summed E-state index contributed by atoms with van der Waals surface area (Å²) in [6.45, 7) is 2.78. The molecule has 2 heterocycles. The van der Waals surface area contributed by atoms with Crippen molar-refractivity contribution in [2.45, 2.75) is 338 Å². The van der Waals surface area contributed by atoms with Crippen molar-refractivity contribution in [2.24, 2.45) is 0 Å². The Morgan fingerprint density at radius 1 is 0.434 bits per heavy atom. The number of carbonyl (C=O) groups is 1. The molecule has 0 aliphatic carbocycles. The highest BCUT2D eigenvalue weighted by molar-refractivity contribution is 5.76. The Kier molecular flexibility index (Phi) is 49.5. The van der Waals surface area contributed by atoms with E-state index in [2.05, 4.69) is 79.9 Å². The summed E-state index contributed by atoms with van der Waals surface area (Å²) in [4.78, 5) is 13.3. The average molecular weight is 1170 g/mol. The Hall–Kier alpha value is -2.57. The zero-order chi connectivity index (χ0) is 60.2. The molecule has 0 aromatic heterocycles. The molecule has 14 nitrogen and oxygen atoms in total. The van der Waals surface area contributed by atoms with Gasteiger partial charge < -0.3 is 65.1 Å². The zero-order valence-electron chi connectivity index (χ0n) is 52.2. The molecule has 482 valence electrons. The molecule has 2 aliphatic rings. The first-order valence-corrected chi connectivity index (χ1v) is 33.7. The van der Waals surface area contributed by atoms with Crippen molar-refractivity contribution >= 4 is 5.91 Å². The molecule has 0 aromatic carbocycles. The van der Waals surface area contributed by atoms with Gasteiger partial charge in [-0.1, -0.05) is 247 Å². The van der Waals surface area contributed by atoms with Crippen molar-refractivity contribution < 1.29 is 64.6 Å². The van der Waals surface area contributed by atoms with Crippen LogP contribution >= 0.6 is 0 Å². The molecule has 12 unspecified atom stereocenters. The van der Waals surface area contributed by atoms with Crippen molar-refractivity contribution in [3.05, 3.63) is 72.9 Å². The highest BCUT2D eigenvalue weighted by Gasteiger charge is 2.51. The van der Waals surface area contributed by atoms with Gasteiger partial charge in [0.2, 0.25) is 5.91 Å². The fourth-order valence-electron chi connectivity index (χ4n) is 10.7. The maximum Gasteiger partial charge on any atom is 0.220 e. The average Bonchev–Trinajstić information content (AvgIpc) is 3.65. The summed E-state index contributed by atoms with van der Waals surface area (Å²) >= 11 is 0. The minimum absolute atomic E-state index is 0.254. The van der Waals surface area contributed by atoms with Gasteiger partial charge in [-0.3, -0.25) is 4.79 Å². The standard InChI is InChI=1S/C69H123NO13/c1-3-5-7-9-11-13-15-17-19-21-23-25-26-27-28-29-30-31-32-33-35-37-39-41-43-45-47-49-51-53-61(74)70-57(58(73)52-50-48-46-44-42-40-38-36-34-24-22-20-18-16-14-12-10-8-6-4-2)56-80-68-66(79)64(77)67(60(55-72)82-68)83-69-65(78)63(76)62(75)59(54-71)81-69/h15,17,21,23,26-27,34,36,42,44,50,52,57-60,62-69,71-73,75-79H,3-14,16,18-20,22,24-25,28-33,35,37-41,43,45-49,51,53-56H2,1-2H3,(H,70,74)/b17-15-,23-21-,27-26-,36-34+,44-42+,52-50+. The van der Waals surface area contributed by atoms with E-state index in [9.17, 15) is 45.6 Å². The highest BCUT2D eigenvalue weighted by atomic mass is 16.7. The van der Waals surface area contributed by atoms with Gasteiger partial charge in [0.1, 0.15) is 48.8 Å². The number of nitrogens with one attached hydrogen (secondary N) is 1.